The number of methoxy groups -OCH3 is 2. The summed E-state index contributed by atoms with van der Waals surface area (Å²) >= 11 is 0. The number of carbonyl (C=O) groups excluding carboxylic acids is 3. The molecule has 0 saturated heterocycles. The summed E-state index contributed by atoms with van der Waals surface area (Å²) in [6.07, 6.45) is 1.12. The van der Waals surface area contributed by atoms with E-state index < -0.39 is 12.0 Å². The number of urea groups is 2. The van der Waals surface area contributed by atoms with Crippen LogP contribution in [0.5, 0.6) is 17.2 Å². The number of carboxylic acids is 1. The topological polar surface area (TPSA) is 159 Å². The molecule has 0 fully saturated rings. The zero-order chi connectivity index (χ0) is 35.6. The highest BCUT2D eigenvalue weighted by molar-refractivity contribution is 6.01. The molecule has 0 unspecified atom stereocenters. The van der Waals surface area contributed by atoms with Crippen molar-refractivity contribution in [3.63, 3.8) is 0 Å². The van der Waals surface area contributed by atoms with Crippen molar-refractivity contribution in [2.75, 3.05) is 71.2 Å². The van der Waals surface area contributed by atoms with Crippen LogP contribution in [0.4, 0.5) is 21.0 Å². The van der Waals surface area contributed by atoms with Gasteiger partial charge in [-0.1, -0.05) is 36.4 Å². The first-order chi connectivity index (χ1) is 23.6. The van der Waals surface area contributed by atoms with E-state index in [1.54, 1.807) is 49.4 Å². The van der Waals surface area contributed by atoms with Gasteiger partial charge in [0.1, 0.15) is 5.75 Å². The smallest absolute Gasteiger partial charge is 0.323 e. The molecule has 13 nitrogen and oxygen atoms in total. The van der Waals surface area contributed by atoms with Gasteiger partial charge in [0.2, 0.25) is 0 Å². The summed E-state index contributed by atoms with van der Waals surface area (Å²) < 4.78 is 16.5. The molecule has 0 radical (unpaired) electrons. The molecule has 0 aromatic heterocycles. The summed E-state index contributed by atoms with van der Waals surface area (Å²) in [6.45, 7) is 3.73. The van der Waals surface area contributed by atoms with Crippen LogP contribution in [0.25, 0.3) is 0 Å². The van der Waals surface area contributed by atoms with Crippen LogP contribution in [0, 0.1) is 6.92 Å². The van der Waals surface area contributed by atoms with Crippen LogP contribution in [-0.4, -0.2) is 99.3 Å². The summed E-state index contributed by atoms with van der Waals surface area (Å²) in [4.78, 5) is 52.6. The van der Waals surface area contributed by atoms with Gasteiger partial charge in [-0.2, -0.15) is 0 Å². The molecule has 0 bridgehead atoms. The summed E-state index contributed by atoms with van der Waals surface area (Å²) in [5.74, 6) is 0.640. The number of rotatable bonds is 20. The number of benzene rings is 3. The highest BCUT2D eigenvalue weighted by Gasteiger charge is 2.19. The number of nitrogens with one attached hydrogen (secondary N) is 3. The monoisotopic (exact) mass is 677 g/mol. The predicted octanol–water partition coefficient (Wildman–Crippen LogP) is 5.05. The molecule has 0 heterocycles. The highest BCUT2D eigenvalue weighted by atomic mass is 16.5. The molecule has 13 heteroatoms. The Morgan fingerprint density at radius 2 is 1.49 bits per heavy atom. The number of carboxylic acid groups (broad SMARTS) is 1. The number of nitrogens with zero attached hydrogens (tertiary/aromatic N) is 2. The van der Waals surface area contributed by atoms with Crippen LogP contribution in [0.1, 0.15) is 30.4 Å². The molecular weight excluding hydrogens is 630 g/mol. The Hall–Kier alpha value is -5.30. The van der Waals surface area contributed by atoms with Crippen molar-refractivity contribution in [1.82, 2.24) is 15.1 Å². The second-order valence-electron chi connectivity index (χ2n) is 11.4. The first kappa shape index (κ1) is 38.2. The Bertz CT molecular complexity index is 1550. The van der Waals surface area contributed by atoms with Crippen LogP contribution < -0.4 is 30.2 Å². The number of carbonyl (C=O) groups is 4. The van der Waals surface area contributed by atoms with E-state index >= 15 is 0 Å². The zero-order valence-electron chi connectivity index (χ0n) is 28.6. The molecule has 0 spiro atoms. The van der Waals surface area contributed by atoms with E-state index in [1.165, 1.54) is 12.0 Å². The highest BCUT2D eigenvalue weighted by Crippen LogP contribution is 2.27. The summed E-state index contributed by atoms with van der Waals surface area (Å²) in [6, 6.07) is 19.3. The van der Waals surface area contributed by atoms with E-state index in [4.69, 9.17) is 14.2 Å². The van der Waals surface area contributed by atoms with Crippen molar-refractivity contribution < 1.29 is 38.5 Å². The minimum Gasteiger partial charge on any atom is -0.495 e. The lowest BCUT2D eigenvalue weighted by Gasteiger charge is -2.28. The third-order valence-corrected chi connectivity index (χ3v) is 7.57. The lowest BCUT2D eigenvalue weighted by atomic mass is 10.1. The molecule has 49 heavy (non-hydrogen) atoms. The van der Waals surface area contributed by atoms with Crippen molar-refractivity contribution in [3.8, 4) is 17.2 Å². The molecule has 3 aromatic rings. The second-order valence-corrected chi connectivity index (χ2v) is 11.4. The predicted molar refractivity (Wildman–Crippen MR) is 188 cm³/mol. The number of ketones is 1. The lowest BCUT2D eigenvalue weighted by molar-refractivity contribution is -0.137. The number of aliphatic carboxylic acids is 1. The minimum absolute atomic E-state index is 0.0281. The number of Topliss-reactive ketones (excluding diaryl/α,β-unsaturated/α-hetero) is 1. The van der Waals surface area contributed by atoms with Gasteiger partial charge in [0, 0.05) is 38.8 Å². The Kier molecular flexibility index (Phi) is 15.7. The van der Waals surface area contributed by atoms with Gasteiger partial charge in [0.05, 0.1) is 39.5 Å². The van der Waals surface area contributed by atoms with E-state index in [9.17, 15) is 24.3 Å². The zero-order valence-corrected chi connectivity index (χ0v) is 28.6. The average molecular weight is 678 g/mol. The van der Waals surface area contributed by atoms with Gasteiger partial charge in [-0.05, 0) is 67.8 Å². The van der Waals surface area contributed by atoms with Gasteiger partial charge in [0.25, 0.3) is 0 Å². The first-order valence-electron chi connectivity index (χ1n) is 16.1. The standard InChI is InChI=1S/C36H47N5O8/c1-26-11-5-6-12-29(26)38-35(45)39-30-16-15-27(24-33(30)48-4)23-28(42)25-37-18-9-19-40(2)36(46)41(21-17-34(43)44)20-10-22-49-32-14-8-7-13-31(32)47-3/h5-8,11-16,24,37H,9-10,17-23,25H2,1-4H3,(H,43,44)(H2,38,39,45). The van der Waals surface area contributed by atoms with Gasteiger partial charge in [-0.25, -0.2) is 9.59 Å². The number of amides is 4. The normalized spacial score (nSPS) is 10.5. The SMILES string of the molecule is COc1cc(CC(=O)CNCCCN(C)C(=O)N(CCCOc2ccccc2OC)CCC(=O)O)ccc1NC(=O)Nc1ccccc1C. The number of ether oxygens (including phenoxy) is 3. The van der Waals surface area contributed by atoms with Gasteiger partial charge < -0.3 is 45.1 Å². The lowest BCUT2D eigenvalue weighted by Crippen LogP contribution is -2.43. The minimum atomic E-state index is -0.980. The molecule has 0 aliphatic rings. The molecule has 4 amide bonds. The van der Waals surface area contributed by atoms with E-state index in [-0.39, 0.29) is 37.7 Å². The fourth-order valence-corrected chi connectivity index (χ4v) is 4.94. The van der Waals surface area contributed by atoms with E-state index in [0.717, 1.165) is 11.1 Å². The van der Waals surface area contributed by atoms with Gasteiger partial charge >= 0.3 is 18.0 Å². The van der Waals surface area contributed by atoms with Gasteiger partial charge in [-0.3, -0.25) is 9.59 Å². The molecule has 0 aliphatic carbocycles. The van der Waals surface area contributed by atoms with Gasteiger partial charge in [-0.15, -0.1) is 0 Å². The van der Waals surface area contributed by atoms with Crippen molar-refractivity contribution in [2.45, 2.75) is 32.6 Å². The van der Waals surface area contributed by atoms with Crippen LogP contribution in [0.2, 0.25) is 0 Å². The fourth-order valence-electron chi connectivity index (χ4n) is 4.94. The van der Waals surface area contributed by atoms with Crippen molar-refractivity contribution in [2.24, 2.45) is 0 Å². The maximum absolute atomic E-state index is 13.1. The number of hydrogen-bond acceptors (Lipinski definition) is 8. The van der Waals surface area contributed by atoms with Crippen LogP contribution >= 0.6 is 0 Å². The number of hydrogen-bond donors (Lipinski definition) is 4. The van der Waals surface area contributed by atoms with E-state index in [2.05, 4.69) is 16.0 Å². The number of para-hydroxylation sites is 3. The first-order valence-corrected chi connectivity index (χ1v) is 16.1. The third kappa shape index (κ3) is 13.0. The molecule has 264 valence electrons. The van der Waals surface area contributed by atoms with Crippen LogP contribution in [0.15, 0.2) is 66.7 Å². The summed E-state index contributed by atoms with van der Waals surface area (Å²) in [7, 11) is 4.73. The molecular formula is C36H47N5O8. The van der Waals surface area contributed by atoms with E-state index in [1.807, 2.05) is 43.3 Å². The third-order valence-electron chi connectivity index (χ3n) is 7.57. The van der Waals surface area contributed by atoms with Crippen LogP contribution in [0.3, 0.4) is 0 Å². The molecule has 0 atom stereocenters. The summed E-state index contributed by atoms with van der Waals surface area (Å²) in [5, 5.41) is 17.9. The van der Waals surface area contributed by atoms with E-state index in [0.29, 0.717) is 67.7 Å². The molecule has 4 N–H and O–H groups in total. The Morgan fingerprint density at radius 3 is 2.20 bits per heavy atom. The van der Waals surface area contributed by atoms with Crippen molar-refractivity contribution in [1.29, 1.82) is 0 Å². The number of aryl methyl sites for hydroxylation is 1. The quantitative estimate of drug-likeness (QED) is 0.120. The Morgan fingerprint density at radius 1 is 0.796 bits per heavy atom. The van der Waals surface area contributed by atoms with Gasteiger partial charge in [0.15, 0.2) is 17.3 Å². The fraction of sp³-hybridized carbons (Fsp3) is 0.389. The van der Waals surface area contributed by atoms with Crippen molar-refractivity contribution >= 4 is 35.2 Å². The average Bonchev–Trinajstić information content (AvgIpc) is 3.09. The molecule has 0 saturated carbocycles. The molecule has 3 aromatic carbocycles. The summed E-state index contributed by atoms with van der Waals surface area (Å²) in [5.41, 5.74) is 2.86. The second kappa shape index (κ2) is 20.2. The maximum Gasteiger partial charge on any atom is 0.323 e. The van der Waals surface area contributed by atoms with Crippen molar-refractivity contribution in [3.05, 3.63) is 77.9 Å². The Labute approximate surface area is 287 Å². The number of anilines is 2. The van der Waals surface area contributed by atoms with Crippen LogP contribution in [-0.2, 0) is 16.0 Å². The largest absolute Gasteiger partial charge is 0.495 e. The molecule has 0 aliphatic heterocycles. The Balaban J connectivity index is 1.39. The molecule has 3 rings (SSSR count). The maximum atomic E-state index is 13.1.